The molecule has 0 radical (unpaired) electrons. The molecule has 64 heavy (non-hydrogen) atoms. The summed E-state index contributed by atoms with van der Waals surface area (Å²) in [4.78, 5) is 0. The Morgan fingerprint density at radius 1 is 0.234 bits per heavy atom. The van der Waals surface area contributed by atoms with E-state index in [2.05, 4.69) is 139 Å². The van der Waals surface area contributed by atoms with E-state index in [-0.39, 0.29) is 0 Å². The van der Waals surface area contributed by atoms with Crippen LogP contribution in [0.25, 0.3) is 0 Å². The predicted molar refractivity (Wildman–Crippen MR) is 289 cm³/mol. The Kier molecular flexibility index (Phi) is 57.9. The van der Waals surface area contributed by atoms with Gasteiger partial charge in [-0.2, -0.15) is 0 Å². The number of unbranched alkanes of at least 4 members (excludes halogenated alkanes) is 4. The Morgan fingerprint density at radius 3 is 0.531 bits per heavy atom. The molecule has 0 aliphatic carbocycles. The van der Waals surface area contributed by atoms with Crippen molar-refractivity contribution in [1.82, 2.24) is 0 Å². The fourth-order valence-electron chi connectivity index (χ4n) is 4.23. The molecule has 12 heteroatoms. The van der Waals surface area contributed by atoms with E-state index in [0.717, 1.165) is 156 Å². The normalized spacial score (nSPS) is 11.0. The van der Waals surface area contributed by atoms with Crippen LogP contribution in [-0.2, 0) is 37.9 Å². The first-order chi connectivity index (χ1) is 30.2. The Morgan fingerprint density at radius 2 is 0.391 bits per heavy atom. The molecule has 0 bridgehead atoms. The summed E-state index contributed by atoms with van der Waals surface area (Å²) in [7, 11) is 0. The van der Waals surface area contributed by atoms with Crippen molar-refractivity contribution in [2.45, 2.75) is 174 Å². The SMILES string of the molecule is CCCOCCOCCCC#[C][Ge]([CH3])([CH3])[CH3].CCCOCCOCCCC#[C][Ge]([CH3])([CH3])[CH3].CCCOCCOCCCC#[C][Ge]([CH3])([CH3])[CH3].CCCOCCOCCCC#[C][Ge]([CH3])([CH3])[CH3]. The van der Waals surface area contributed by atoms with Gasteiger partial charge in [-0.1, -0.05) is 0 Å². The Hall–Kier alpha value is 0.0914. The standard InChI is InChI=1S/4C13H26GeO2/c4*1-5-10-15-12-13-16-11-8-6-7-9-14(2,3)4/h4*5-6,8,10-13H2,1-4H3. The quantitative estimate of drug-likeness (QED) is 0.0375. The van der Waals surface area contributed by atoms with E-state index in [0.29, 0.717) is 26.4 Å². The predicted octanol–water partition coefficient (Wildman–Crippen LogP) is 12.4. The van der Waals surface area contributed by atoms with Crippen LogP contribution in [0, 0.1) is 42.7 Å². The monoisotopic (exact) mass is 1150 g/mol. The third kappa shape index (κ3) is 85.4. The van der Waals surface area contributed by atoms with Crippen molar-refractivity contribution in [3.8, 4) is 42.7 Å². The molecule has 8 nitrogen and oxygen atoms in total. The molecule has 0 heterocycles. The van der Waals surface area contributed by atoms with E-state index in [9.17, 15) is 0 Å². The summed E-state index contributed by atoms with van der Waals surface area (Å²) >= 11 is -6.48. The van der Waals surface area contributed by atoms with Crippen LogP contribution in [0.5, 0.6) is 0 Å². The van der Waals surface area contributed by atoms with Crippen molar-refractivity contribution in [2.75, 3.05) is 106 Å². The molecule has 0 saturated heterocycles. The van der Waals surface area contributed by atoms with Gasteiger partial charge in [-0.15, -0.1) is 0 Å². The first-order valence-corrected chi connectivity index (χ1v) is 54.2. The summed E-state index contributed by atoms with van der Waals surface area (Å²) in [5.74, 6) is 40.8. The van der Waals surface area contributed by atoms with Gasteiger partial charge in [-0.05, 0) is 0 Å². The molecule has 0 rings (SSSR count). The van der Waals surface area contributed by atoms with Gasteiger partial charge in [-0.25, -0.2) is 0 Å². The van der Waals surface area contributed by atoms with Crippen molar-refractivity contribution in [2.24, 2.45) is 0 Å². The van der Waals surface area contributed by atoms with Gasteiger partial charge in [0.05, 0.1) is 0 Å². The van der Waals surface area contributed by atoms with Crippen molar-refractivity contribution in [1.29, 1.82) is 0 Å². The molecule has 0 fully saturated rings. The first kappa shape index (κ1) is 70.7. The number of hydrogen-bond donors (Lipinski definition) is 0. The van der Waals surface area contributed by atoms with Crippen LogP contribution in [-0.4, -0.2) is 159 Å². The van der Waals surface area contributed by atoms with Gasteiger partial charge in [0.1, 0.15) is 0 Å². The Labute approximate surface area is 410 Å². The molecule has 0 unspecified atom stereocenters. The van der Waals surface area contributed by atoms with Gasteiger partial charge in [-0.3, -0.25) is 0 Å². The van der Waals surface area contributed by atoms with E-state index in [4.69, 9.17) is 37.9 Å². The average Bonchev–Trinajstić information content (AvgIpc) is 3.20. The summed E-state index contributed by atoms with van der Waals surface area (Å²) < 4.78 is 56.6. The van der Waals surface area contributed by atoms with Gasteiger partial charge < -0.3 is 0 Å². The van der Waals surface area contributed by atoms with Gasteiger partial charge in [0.15, 0.2) is 0 Å². The van der Waals surface area contributed by atoms with Gasteiger partial charge in [0, 0.05) is 0 Å². The van der Waals surface area contributed by atoms with Crippen LogP contribution in [0.3, 0.4) is 0 Å². The molecule has 0 amide bonds. The maximum absolute atomic E-state index is 5.43. The Balaban J connectivity index is -0.000000375. The third-order valence-electron chi connectivity index (χ3n) is 7.10. The van der Waals surface area contributed by atoms with Crippen LogP contribution in [0.1, 0.15) is 105 Å². The molecule has 0 saturated carbocycles. The number of rotatable bonds is 32. The van der Waals surface area contributed by atoms with Gasteiger partial charge in [0.25, 0.3) is 0 Å². The molecule has 0 spiro atoms. The minimum atomic E-state index is -1.62. The zero-order chi connectivity index (χ0) is 49.1. The molecule has 376 valence electrons. The summed E-state index contributed by atoms with van der Waals surface area (Å²) in [5.41, 5.74) is 0. The minimum absolute atomic E-state index is 0.713. The zero-order valence-corrected chi connectivity index (χ0v) is 53.5. The second kappa shape index (κ2) is 52.5. The second-order valence-electron chi connectivity index (χ2n) is 19.5. The summed E-state index contributed by atoms with van der Waals surface area (Å²) in [6.45, 7) is 20.8. The van der Waals surface area contributed by atoms with E-state index in [1.165, 1.54) is 0 Å². The Bertz CT molecular complexity index is 1030. The molecule has 0 aromatic heterocycles. The molecule has 0 aromatic rings. The molecular formula is C52H104Ge4O8. The fourth-order valence-corrected chi connectivity index (χ4v) is 9.73. The van der Waals surface area contributed by atoms with E-state index in [1.54, 1.807) is 0 Å². The maximum atomic E-state index is 5.43. The molecule has 0 atom stereocenters. The zero-order valence-electron chi connectivity index (χ0n) is 45.1. The number of ether oxygens (including phenoxy) is 8. The third-order valence-corrected chi connectivity index (χ3v) is 14.9. The molecule has 0 aromatic carbocycles. The molecule has 0 aliphatic heterocycles. The first-order valence-electron chi connectivity index (χ1n) is 24.9. The second-order valence-corrected chi connectivity index (χ2v) is 59.4. The van der Waals surface area contributed by atoms with Crippen molar-refractivity contribution >= 4 is 53.1 Å². The van der Waals surface area contributed by atoms with Gasteiger partial charge in [0.2, 0.25) is 0 Å². The summed E-state index contributed by atoms with van der Waals surface area (Å²) in [6, 6.07) is 0. The van der Waals surface area contributed by atoms with Crippen LogP contribution in [0.2, 0.25) is 69.1 Å². The van der Waals surface area contributed by atoms with E-state index in [1.807, 2.05) is 0 Å². The van der Waals surface area contributed by atoms with Crippen molar-refractivity contribution in [3.05, 3.63) is 0 Å². The van der Waals surface area contributed by atoms with Crippen molar-refractivity contribution in [3.63, 3.8) is 0 Å². The molecule has 0 aliphatic rings. The number of hydrogen-bond acceptors (Lipinski definition) is 8. The molecule has 0 N–H and O–H groups in total. The molecular weight excluding hydrogens is 1040 g/mol. The topological polar surface area (TPSA) is 73.8 Å². The van der Waals surface area contributed by atoms with Crippen LogP contribution in [0.15, 0.2) is 0 Å². The van der Waals surface area contributed by atoms with E-state index < -0.39 is 53.1 Å². The van der Waals surface area contributed by atoms with E-state index >= 15 is 0 Å². The van der Waals surface area contributed by atoms with Crippen LogP contribution < -0.4 is 0 Å². The average molecular weight is 1150 g/mol. The van der Waals surface area contributed by atoms with Crippen molar-refractivity contribution < 1.29 is 37.9 Å². The summed E-state index contributed by atoms with van der Waals surface area (Å²) in [6.07, 6.45) is 12.4. The van der Waals surface area contributed by atoms with Crippen LogP contribution in [0.4, 0.5) is 0 Å². The van der Waals surface area contributed by atoms with Gasteiger partial charge >= 0.3 is 413 Å². The van der Waals surface area contributed by atoms with Crippen LogP contribution >= 0.6 is 0 Å². The summed E-state index contributed by atoms with van der Waals surface area (Å²) in [5, 5.41) is 0. The fraction of sp³-hybridized carbons (Fsp3) is 0.846.